The van der Waals surface area contributed by atoms with Crippen molar-refractivity contribution in [1.29, 1.82) is 5.26 Å². The Morgan fingerprint density at radius 1 is 1.12 bits per heavy atom. The number of halogens is 2. The number of rotatable bonds is 5. The predicted molar refractivity (Wildman–Crippen MR) is 63.9 cm³/mol. The Labute approximate surface area is 100 Å². The highest BCUT2D eigenvalue weighted by Crippen LogP contribution is 2.22. The van der Waals surface area contributed by atoms with Gasteiger partial charge in [-0.05, 0) is 25.0 Å². The molecule has 0 saturated heterocycles. The number of anilines is 1. The van der Waals surface area contributed by atoms with E-state index >= 15 is 0 Å². The zero-order valence-electron chi connectivity index (χ0n) is 10.1. The quantitative estimate of drug-likeness (QED) is 0.785. The number of hydrogen-bond acceptors (Lipinski definition) is 2. The summed E-state index contributed by atoms with van der Waals surface area (Å²) in [6, 6.07) is 3.98. The third kappa shape index (κ3) is 3.16. The molecule has 0 atom stereocenters. The first-order valence-electron chi connectivity index (χ1n) is 5.78. The van der Waals surface area contributed by atoms with Gasteiger partial charge in [0, 0.05) is 18.8 Å². The Morgan fingerprint density at radius 2 is 1.59 bits per heavy atom. The van der Waals surface area contributed by atoms with Gasteiger partial charge in [0.2, 0.25) is 0 Å². The summed E-state index contributed by atoms with van der Waals surface area (Å²) in [5, 5.41) is 8.59. The SMILES string of the molecule is CCCN(CCC)c1cc(F)c(C#N)c(F)c1. The van der Waals surface area contributed by atoms with E-state index in [1.807, 2.05) is 18.7 Å². The Kier molecular flexibility index (Phi) is 4.89. The maximum absolute atomic E-state index is 13.5. The average molecular weight is 238 g/mol. The van der Waals surface area contributed by atoms with E-state index in [1.165, 1.54) is 18.2 Å². The second kappa shape index (κ2) is 6.19. The van der Waals surface area contributed by atoms with Crippen molar-refractivity contribution in [3.8, 4) is 6.07 Å². The summed E-state index contributed by atoms with van der Waals surface area (Å²) in [4.78, 5) is 1.92. The van der Waals surface area contributed by atoms with Gasteiger partial charge < -0.3 is 4.90 Å². The highest BCUT2D eigenvalue weighted by atomic mass is 19.1. The normalized spacial score (nSPS) is 10.1. The molecule has 0 radical (unpaired) electrons. The van der Waals surface area contributed by atoms with Gasteiger partial charge in [0.15, 0.2) is 0 Å². The van der Waals surface area contributed by atoms with Gasteiger partial charge in [-0.15, -0.1) is 0 Å². The van der Waals surface area contributed by atoms with Crippen molar-refractivity contribution in [1.82, 2.24) is 0 Å². The monoisotopic (exact) mass is 238 g/mol. The second-order valence-electron chi connectivity index (χ2n) is 3.88. The Balaban J connectivity index is 3.09. The van der Waals surface area contributed by atoms with Crippen molar-refractivity contribution in [3.63, 3.8) is 0 Å². The highest BCUT2D eigenvalue weighted by Gasteiger charge is 2.13. The molecule has 1 aromatic rings. The molecule has 0 unspecified atom stereocenters. The molecule has 0 amide bonds. The fourth-order valence-electron chi connectivity index (χ4n) is 1.76. The van der Waals surface area contributed by atoms with E-state index < -0.39 is 17.2 Å². The molecule has 0 fully saturated rings. The van der Waals surface area contributed by atoms with Crippen LogP contribution >= 0.6 is 0 Å². The highest BCUT2D eigenvalue weighted by molar-refractivity contribution is 5.51. The zero-order chi connectivity index (χ0) is 12.8. The molecule has 17 heavy (non-hydrogen) atoms. The van der Waals surface area contributed by atoms with Crippen LogP contribution in [0.5, 0.6) is 0 Å². The molecular formula is C13H16F2N2. The number of hydrogen-bond donors (Lipinski definition) is 0. The lowest BCUT2D eigenvalue weighted by Gasteiger charge is -2.24. The molecule has 0 saturated carbocycles. The van der Waals surface area contributed by atoms with Gasteiger partial charge in [-0.2, -0.15) is 5.26 Å². The van der Waals surface area contributed by atoms with E-state index in [9.17, 15) is 8.78 Å². The van der Waals surface area contributed by atoms with Gasteiger partial charge in [0.05, 0.1) is 0 Å². The standard InChI is InChI=1S/C13H16F2N2/c1-3-5-17(6-4-2)10-7-12(14)11(9-16)13(15)8-10/h7-8H,3-6H2,1-2H3. The molecule has 0 aromatic heterocycles. The van der Waals surface area contributed by atoms with Crippen LogP contribution in [0.4, 0.5) is 14.5 Å². The van der Waals surface area contributed by atoms with Crippen molar-refractivity contribution in [2.45, 2.75) is 26.7 Å². The summed E-state index contributed by atoms with van der Waals surface area (Å²) in [5.41, 5.74) is -0.00982. The number of nitrogens with zero attached hydrogens (tertiary/aromatic N) is 2. The molecule has 1 rings (SSSR count). The van der Waals surface area contributed by atoms with Crippen LogP contribution in [0.15, 0.2) is 12.1 Å². The zero-order valence-corrected chi connectivity index (χ0v) is 10.1. The van der Waals surface area contributed by atoms with Crippen molar-refractivity contribution >= 4 is 5.69 Å². The van der Waals surface area contributed by atoms with Crippen LogP contribution in [0, 0.1) is 23.0 Å². The largest absolute Gasteiger partial charge is 0.371 e. The number of nitriles is 1. The van der Waals surface area contributed by atoms with E-state index in [0.29, 0.717) is 5.69 Å². The fourth-order valence-corrected chi connectivity index (χ4v) is 1.76. The molecule has 4 heteroatoms. The minimum absolute atomic E-state index is 0.503. The van der Waals surface area contributed by atoms with Crippen molar-refractivity contribution in [2.24, 2.45) is 0 Å². The van der Waals surface area contributed by atoms with Crippen LogP contribution < -0.4 is 4.90 Å². The molecule has 92 valence electrons. The molecule has 0 aliphatic carbocycles. The summed E-state index contributed by atoms with van der Waals surface area (Å²) < 4.78 is 26.9. The Morgan fingerprint density at radius 3 is 1.94 bits per heavy atom. The van der Waals surface area contributed by atoms with Crippen LogP contribution in [0.1, 0.15) is 32.3 Å². The minimum Gasteiger partial charge on any atom is -0.371 e. The smallest absolute Gasteiger partial charge is 0.146 e. The average Bonchev–Trinajstić information content (AvgIpc) is 2.28. The second-order valence-corrected chi connectivity index (χ2v) is 3.88. The maximum Gasteiger partial charge on any atom is 0.146 e. The predicted octanol–water partition coefficient (Wildman–Crippen LogP) is 3.46. The lowest BCUT2D eigenvalue weighted by molar-refractivity contribution is 0.574. The number of benzene rings is 1. The van der Waals surface area contributed by atoms with Crippen molar-refractivity contribution in [2.75, 3.05) is 18.0 Å². The minimum atomic E-state index is -0.792. The van der Waals surface area contributed by atoms with E-state index in [0.717, 1.165) is 25.9 Å². The molecule has 0 N–H and O–H groups in total. The molecule has 1 aromatic carbocycles. The fraction of sp³-hybridized carbons (Fsp3) is 0.462. The van der Waals surface area contributed by atoms with Crippen LogP contribution in [0.25, 0.3) is 0 Å². The van der Waals surface area contributed by atoms with E-state index in [-0.39, 0.29) is 0 Å². The van der Waals surface area contributed by atoms with Gasteiger partial charge in [-0.25, -0.2) is 8.78 Å². The van der Waals surface area contributed by atoms with Crippen LogP contribution in [0.2, 0.25) is 0 Å². The van der Waals surface area contributed by atoms with Crippen LogP contribution in [0.3, 0.4) is 0 Å². The third-order valence-electron chi connectivity index (χ3n) is 2.49. The van der Waals surface area contributed by atoms with Crippen LogP contribution in [-0.4, -0.2) is 13.1 Å². The van der Waals surface area contributed by atoms with Crippen molar-refractivity contribution in [3.05, 3.63) is 29.3 Å². The summed E-state index contributed by atoms with van der Waals surface area (Å²) in [7, 11) is 0. The topological polar surface area (TPSA) is 27.0 Å². The molecule has 2 nitrogen and oxygen atoms in total. The molecule has 0 aliphatic rings. The Bertz CT molecular complexity index is 395. The van der Waals surface area contributed by atoms with Crippen molar-refractivity contribution < 1.29 is 8.78 Å². The van der Waals surface area contributed by atoms with Gasteiger partial charge in [-0.3, -0.25) is 0 Å². The van der Waals surface area contributed by atoms with E-state index in [1.54, 1.807) is 0 Å². The Hall–Kier alpha value is -1.63. The van der Waals surface area contributed by atoms with Gasteiger partial charge >= 0.3 is 0 Å². The molecule has 0 aliphatic heterocycles. The first kappa shape index (κ1) is 13.4. The van der Waals surface area contributed by atoms with Crippen LogP contribution in [-0.2, 0) is 0 Å². The first-order valence-corrected chi connectivity index (χ1v) is 5.78. The van der Waals surface area contributed by atoms with E-state index in [2.05, 4.69) is 0 Å². The summed E-state index contributed by atoms with van der Waals surface area (Å²) in [6.07, 6.45) is 1.81. The molecular weight excluding hydrogens is 222 g/mol. The lowest BCUT2D eigenvalue weighted by atomic mass is 10.1. The van der Waals surface area contributed by atoms with Gasteiger partial charge in [-0.1, -0.05) is 13.8 Å². The summed E-state index contributed by atoms with van der Waals surface area (Å²) in [6.45, 7) is 5.52. The molecule has 0 spiro atoms. The summed E-state index contributed by atoms with van der Waals surface area (Å²) >= 11 is 0. The van der Waals surface area contributed by atoms with Gasteiger partial charge in [0.1, 0.15) is 23.3 Å². The molecule has 0 heterocycles. The third-order valence-corrected chi connectivity index (χ3v) is 2.49. The molecule has 0 bridgehead atoms. The van der Waals surface area contributed by atoms with Gasteiger partial charge in [0.25, 0.3) is 0 Å². The maximum atomic E-state index is 13.5. The summed E-state index contributed by atoms with van der Waals surface area (Å²) in [5.74, 6) is -1.58. The lowest BCUT2D eigenvalue weighted by Crippen LogP contribution is -2.25. The van der Waals surface area contributed by atoms with E-state index in [4.69, 9.17) is 5.26 Å². The first-order chi connectivity index (χ1) is 8.13.